The van der Waals surface area contributed by atoms with Crippen LogP contribution in [0.4, 0.5) is 0 Å². The second-order valence-electron chi connectivity index (χ2n) is 5.10. The lowest BCUT2D eigenvalue weighted by atomic mass is 10.1. The summed E-state index contributed by atoms with van der Waals surface area (Å²) >= 11 is 0. The molecule has 21 heavy (non-hydrogen) atoms. The summed E-state index contributed by atoms with van der Waals surface area (Å²) < 4.78 is 5.25. The molecule has 1 N–H and O–H groups in total. The van der Waals surface area contributed by atoms with Gasteiger partial charge in [0.25, 0.3) is 0 Å². The fourth-order valence-corrected chi connectivity index (χ4v) is 2.28. The Morgan fingerprint density at radius 2 is 2.10 bits per heavy atom. The fourth-order valence-electron chi connectivity index (χ4n) is 2.28. The van der Waals surface area contributed by atoms with Crippen LogP contribution in [0.25, 0.3) is 11.1 Å². The molecule has 4 nitrogen and oxygen atoms in total. The zero-order valence-electron chi connectivity index (χ0n) is 11.8. The Bertz CT molecular complexity index is 777. The Kier molecular flexibility index (Phi) is 3.69. The minimum Gasteiger partial charge on any atom is -0.443 e. The van der Waals surface area contributed by atoms with E-state index in [4.69, 9.17) is 4.42 Å². The number of benzene rings is 2. The molecule has 0 spiro atoms. The molecule has 3 aromatic rings. The van der Waals surface area contributed by atoms with Gasteiger partial charge in [-0.3, -0.25) is 4.79 Å². The molecule has 0 bridgehead atoms. The zero-order chi connectivity index (χ0) is 14.7. The summed E-state index contributed by atoms with van der Waals surface area (Å²) in [5.41, 5.74) is 4.75. The van der Waals surface area contributed by atoms with E-state index in [0.717, 1.165) is 27.8 Å². The molecule has 0 saturated heterocycles. The van der Waals surface area contributed by atoms with Crippen molar-refractivity contribution in [2.75, 3.05) is 0 Å². The van der Waals surface area contributed by atoms with Crippen LogP contribution in [0.2, 0.25) is 0 Å². The van der Waals surface area contributed by atoms with Gasteiger partial charge in [0.2, 0.25) is 5.91 Å². The number of hydrogen-bond acceptors (Lipinski definition) is 3. The number of fused-ring (bicyclic) bond motifs is 1. The van der Waals surface area contributed by atoms with Crippen molar-refractivity contribution in [2.24, 2.45) is 0 Å². The Morgan fingerprint density at radius 3 is 2.95 bits per heavy atom. The van der Waals surface area contributed by atoms with Gasteiger partial charge in [0.05, 0.1) is 6.42 Å². The molecule has 0 aliphatic heterocycles. The number of amides is 1. The van der Waals surface area contributed by atoms with Crippen molar-refractivity contribution in [2.45, 2.75) is 19.9 Å². The van der Waals surface area contributed by atoms with Crippen LogP contribution in [0.5, 0.6) is 0 Å². The summed E-state index contributed by atoms with van der Waals surface area (Å²) in [4.78, 5) is 16.0. The summed E-state index contributed by atoms with van der Waals surface area (Å²) in [7, 11) is 0. The molecule has 106 valence electrons. The van der Waals surface area contributed by atoms with Crippen LogP contribution in [0.15, 0.2) is 53.3 Å². The summed E-state index contributed by atoms with van der Waals surface area (Å²) in [5.74, 6) is 0.0123. The molecular weight excluding hydrogens is 264 g/mol. The molecule has 2 aromatic carbocycles. The van der Waals surface area contributed by atoms with Gasteiger partial charge < -0.3 is 9.73 Å². The Labute approximate surface area is 122 Å². The largest absolute Gasteiger partial charge is 0.443 e. The number of aryl methyl sites for hydroxylation is 1. The predicted octanol–water partition coefficient (Wildman–Crippen LogP) is 3.00. The Hall–Kier alpha value is -2.62. The first kappa shape index (κ1) is 13.4. The highest BCUT2D eigenvalue weighted by molar-refractivity contribution is 5.79. The van der Waals surface area contributed by atoms with Gasteiger partial charge in [0, 0.05) is 6.54 Å². The maximum Gasteiger partial charge on any atom is 0.224 e. The minimum absolute atomic E-state index is 0.0123. The van der Waals surface area contributed by atoms with E-state index in [1.165, 1.54) is 6.39 Å². The lowest BCUT2D eigenvalue weighted by Gasteiger charge is -2.06. The van der Waals surface area contributed by atoms with Gasteiger partial charge in [-0.2, -0.15) is 0 Å². The number of carbonyl (C=O) groups excluding carboxylic acids is 1. The summed E-state index contributed by atoms with van der Waals surface area (Å²) in [6, 6.07) is 13.7. The number of nitrogens with one attached hydrogen (secondary N) is 1. The highest BCUT2D eigenvalue weighted by Gasteiger charge is 2.05. The van der Waals surface area contributed by atoms with Gasteiger partial charge >= 0.3 is 0 Å². The van der Waals surface area contributed by atoms with Crippen molar-refractivity contribution >= 4 is 17.0 Å². The molecule has 0 radical (unpaired) electrons. The van der Waals surface area contributed by atoms with Gasteiger partial charge in [0.1, 0.15) is 5.52 Å². The monoisotopic (exact) mass is 280 g/mol. The van der Waals surface area contributed by atoms with E-state index in [1.54, 1.807) is 0 Å². The summed E-state index contributed by atoms with van der Waals surface area (Å²) in [6.07, 6.45) is 1.82. The number of carbonyl (C=O) groups is 1. The van der Waals surface area contributed by atoms with Crippen molar-refractivity contribution in [3.63, 3.8) is 0 Å². The molecule has 0 aliphatic carbocycles. The van der Waals surface area contributed by atoms with E-state index in [0.29, 0.717) is 13.0 Å². The number of nitrogens with zero attached hydrogens (tertiary/aromatic N) is 1. The first-order chi connectivity index (χ1) is 10.2. The van der Waals surface area contributed by atoms with Crippen LogP contribution in [0.1, 0.15) is 16.7 Å². The van der Waals surface area contributed by atoms with E-state index in [1.807, 2.05) is 49.4 Å². The average molecular weight is 280 g/mol. The van der Waals surface area contributed by atoms with E-state index in [2.05, 4.69) is 10.3 Å². The van der Waals surface area contributed by atoms with Crippen LogP contribution in [-0.4, -0.2) is 10.9 Å². The number of aromatic nitrogens is 1. The molecular formula is C17H16N2O2. The first-order valence-electron chi connectivity index (χ1n) is 6.85. The maximum atomic E-state index is 12.0. The molecule has 0 atom stereocenters. The lowest BCUT2D eigenvalue weighted by Crippen LogP contribution is -2.24. The van der Waals surface area contributed by atoms with Gasteiger partial charge in [-0.25, -0.2) is 4.98 Å². The predicted molar refractivity (Wildman–Crippen MR) is 80.7 cm³/mol. The van der Waals surface area contributed by atoms with Crippen LogP contribution >= 0.6 is 0 Å². The third-order valence-electron chi connectivity index (χ3n) is 3.33. The summed E-state index contributed by atoms with van der Waals surface area (Å²) in [5, 5.41) is 2.92. The molecule has 1 heterocycles. The maximum absolute atomic E-state index is 12.0. The molecule has 4 heteroatoms. The second kappa shape index (κ2) is 5.79. The van der Waals surface area contributed by atoms with Crippen LogP contribution in [0, 0.1) is 6.92 Å². The first-order valence-corrected chi connectivity index (χ1v) is 6.85. The van der Waals surface area contributed by atoms with Crippen molar-refractivity contribution in [1.82, 2.24) is 10.3 Å². The van der Waals surface area contributed by atoms with Gasteiger partial charge in [-0.1, -0.05) is 35.9 Å². The zero-order valence-corrected chi connectivity index (χ0v) is 11.8. The van der Waals surface area contributed by atoms with Crippen LogP contribution < -0.4 is 5.32 Å². The van der Waals surface area contributed by atoms with Gasteiger partial charge in [-0.15, -0.1) is 0 Å². The number of rotatable bonds is 4. The Balaban J connectivity index is 1.60. The third kappa shape index (κ3) is 3.28. The molecule has 0 fully saturated rings. The smallest absolute Gasteiger partial charge is 0.224 e. The van der Waals surface area contributed by atoms with E-state index >= 15 is 0 Å². The SMILES string of the molecule is Cc1cccc(CC(=O)NCc2ccc3ncoc3c2)c1. The second-order valence-corrected chi connectivity index (χ2v) is 5.10. The standard InChI is InChI=1S/C17H16N2O2/c1-12-3-2-4-13(7-12)9-17(20)18-10-14-5-6-15-16(8-14)21-11-19-15/h2-8,11H,9-10H2,1H3,(H,18,20). The normalized spacial score (nSPS) is 10.7. The molecule has 3 rings (SSSR count). The van der Waals surface area contributed by atoms with Crippen molar-refractivity contribution in [3.8, 4) is 0 Å². The van der Waals surface area contributed by atoms with Gasteiger partial charge in [-0.05, 0) is 30.2 Å². The van der Waals surface area contributed by atoms with Crippen molar-refractivity contribution in [3.05, 3.63) is 65.5 Å². The highest BCUT2D eigenvalue weighted by Crippen LogP contribution is 2.14. The van der Waals surface area contributed by atoms with Gasteiger partial charge in [0.15, 0.2) is 12.0 Å². The number of oxazole rings is 1. The molecule has 0 aliphatic rings. The van der Waals surface area contributed by atoms with Crippen molar-refractivity contribution < 1.29 is 9.21 Å². The van der Waals surface area contributed by atoms with Crippen LogP contribution in [0.3, 0.4) is 0 Å². The number of hydrogen-bond donors (Lipinski definition) is 1. The quantitative estimate of drug-likeness (QED) is 0.799. The van der Waals surface area contributed by atoms with E-state index in [9.17, 15) is 4.79 Å². The third-order valence-corrected chi connectivity index (χ3v) is 3.33. The minimum atomic E-state index is 0.0123. The van der Waals surface area contributed by atoms with E-state index < -0.39 is 0 Å². The highest BCUT2D eigenvalue weighted by atomic mass is 16.3. The molecule has 0 unspecified atom stereocenters. The average Bonchev–Trinajstić information content (AvgIpc) is 2.92. The van der Waals surface area contributed by atoms with Crippen molar-refractivity contribution in [1.29, 1.82) is 0 Å². The molecule has 1 aromatic heterocycles. The fraction of sp³-hybridized carbons (Fsp3) is 0.176. The van der Waals surface area contributed by atoms with E-state index in [-0.39, 0.29) is 5.91 Å². The lowest BCUT2D eigenvalue weighted by molar-refractivity contribution is -0.120. The molecule has 0 saturated carbocycles. The summed E-state index contributed by atoms with van der Waals surface area (Å²) in [6.45, 7) is 2.51. The molecule has 1 amide bonds. The Morgan fingerprint density at radius 1 is 1.19 bits per heavy atom. The topological polar surface area (TPSA) is 55.1 Å². The van der Waals surface area contributed by atoms with Crippen LogP contribution in [-0.2, 0) is 17.8 Å².